The molecule has 0 bridgehead atoms. The van der Waals surface area contributed by atoms with Gasteiger partial charge in [-0.2, -0.15) is 0 Å². The van der Waals surface area contributed by atoms with E-state index in [1.54, 1.807) is 0 Å². The topological polar surface area (TPSA) is 20.2 Å². The van der Waals surface area contributed by atoms with Gasteiger partial charge in [0.15, 0.2) is 0 Å². The van der Waals surface area contributed by atoms with Crippen LogP contribution in [0.5, 0.6) is 0 Å². The maximum atomic E-state index is 9.00. The highest BCUT2D eigenvalue weighted by Gasteiger charge is 2.21. The molecule has 2 atom stereocenters. The quantitative estimate of drug-likeness (QED) is 0.496. The summed E-state index contributed by atoms with van der Waals surface area (Å²) in [6, 6.07) is 0. The zero-order valence-corrected chi connectivity index (χ0v) is 8.05. The van der Waals surface area contributed by atoms with Gasteiger partial charge in [0.05, 0.1) is 6.61 Å². The lowest BCUT2D eigenvalue weighted by atomic mass is 9.84. The van der Waals surface area contributed by atoms with Crippen LogP contribution in [0.25, 0.3) is 0 Å². The Kier molecular flexibility index (Phi) is 3.80. The van der Waals surface area contributed by atoms with Crippen LogP contribution < -0.4 is 0 Å². The second-order valence-corrected chi connectivity index (χ2v) is 4.04. The molecule has 0 spiro atoms. The summed E-state index contributed by atoms with van der Waals surface area (Å²) in [6.07, 6.45) is 6.58. The van der Waals surface area contributed by atoms with Crippen LogP contribution in [0.4, 0.5) is 0 Å². The third-order valence-corrected chi connectivity index (χ3v) is 3.09. The molecule has 1 unspecified atom stereocenters. The summed E-state index contributed by atoms with van der Waals surface area (Å²) in [5.41, 5.74) is 1.05. The van der Waals surface area contributed by atoms with Crippen LogP contribution in [-0.4, -0.2) is 11.7 Å². The molecular weight excluding hydrogens is 148 g/mol. The Balaban J connectivity index is 2.52. The molecule has 1 aliphatic rings. The van der Waals surface area contributed by atoms with Gasteiger partial charge in [-0.05, 0) is 23.8 Å². The highest BCUT2D eigenvalue weighted by Crippen LogP contribution is 2.32. The van der Waals surface area contributed by atoms with Crippen LogP contribution in [0.1, 0.15) is 39.0 Å². The first-order chi connectivity index (χ1) is 5.75. The van der Waals surface area contributed by atoms with Crippen molar-refractivity contribution < 1.29 is 5.11 Å². The molecular formula is C11H20O. The summed E-state index contributed by atoms with van der Waals surface area (Å²) in [4.78, 5) is 0. The Morgan fingerprint density at radius 1 is 1.33 bits per heavy atom. The Labute approximate surface area is 75.5 Å². The average Bonchev–Trinajstić information content (AvgIpc) is 2.28. The van der Waals surface area contributed by atoms with E-state index in [9.17, 15) is 0 Å². The van der Waals surface area contributed by atoms with E-state index < -0.39 is 0 Å². The highest BCUT2D eigenvalue weighted by molar-refractivity contribution is 5.02. The Bertz CT molecular complexity index is 151. The lowest BCUT2D eigenvalue weighted by Crippen LogP contribution is -2.14. The van der Waals surface area contributed by atoms with Gasteiger partial charge < -0.3 is 5.11 Å². The lowest BCUT2D eigenvalue weighted by molar-refractivity contribution is 0.286. The fourth-order valence-electron chi connectivity index (χ4n) is 2.22. The predicted octanol–water partition coefficient (Wildman–Crippen LogP) is 2.75. The normalized spacial score (nSPS) is 31.2. The first kappa shape index (κ1) is 9.79. The minimum atomic E-state index is 0.176. The molecule has 1 saturated carbocycles. The number of aliphatic hydroxyl groups is 1. The molecule has 12 heavy (non-hydrogen) atoms. The number of rotatable bonds is 2. The van der Waals surface area contributed by atoms with Crippen molar-refractivity contribution in [3.8, 4) is 0 Å². The molecule has 1 aliphatic carbocycles. The van der Waals surface area contributed by atoms with Crippen molar-refractivity contribution in [1.29, 1.82) is 0 Å². The SMILES string of the molecule is C=C(CO)C1CCCCC[C@H]1C. The first-order valence-electron chi connectivity index (χ1n) is 5.04. The van der Waals surface area contributed by atoms with E-state index in [1.807, 2.05) is 0 Å². The first-order valence-corrected chi connectivity index (χ1v) is 5.04. The van der Waals surface area contributed by atoms with Crippen molar-refractivity contribution in [2.75, 3.05) is 6.61 Å². The molecule has 1 nitrogen and oxygen atoms in total. The monoisotopic (exact) mass is 168 g/mol. The minimum absolute atomic E-state index is 0.176. The predicted molar refractivity (Wildman–Crippen MR) is 52.0 cm³/mol. The molecule has 0 aromatic rings. The van der Waals surface area contributed by atoms with Gasteiger partial charge in [-0.1, -0.05) is 39.2 Å². The van der Waals surface area contributed by atoms with Gasteiger partial charge in [0, 0.05) is 0 Å². The summed E-state index contributed by atoms with van der Waals surface area (Å²) in [7, 11) is 0. The van der Waals surface area contributed by atoms with Crippen molar-refractivity contribution >= 4 is 0 Å². The molecule has 1 N–H and O–H groups in total. The van der Waals surface area contributed by atoms with Gasteiger partial charge in [0.1, 0.15) is 0 Å². The van der Waals surface area contributed by atoms with Gasteiger partial charge in [-0.15, -0.1) is 0 Å². The van der Waals surface area contributed by atoms with E-state index in [2.05, 4.69) is 13.5 Å². The van der Waals surface area contributed by atoms with Crippen LogP contribution in [0.2, 0.25) is 0 Å². The fourth-order valence-corrected chi connectivity index (χ4v) is 2.22. The molecule has 0 radical (unpaired) electrons. The molecule has 1 heteroatoms. The second-order valence-electron chi connectivity index (χ2n) is 4.04. The van der Waals surface area contributed by atoms with Crippen LogP contribution in [-0.2, 0) is 0 Å². The number of aliphatic hydroxyl groups excluding tert-OH is 1. The van der Waals surface area contributed by atoms with E-state index in [-0.39, 0.29) is 6.61 Å². The molecule has 0 aromatic heterocycles. The summed E-state index contributed by atoms with van der Waals surface area (Å²) in [5.74, 6) is 1.31. The van der Waals surface area contributed by atoms with E-state index in [4.69, 9.17) is 5.11 Å². The van der Waals surface area contributed by atoms with Gasteiger partial charge in [-0.25, -0.2) is 0 Å². The van der Waals surface area contributed by atoms with Gasteiger partial charge >= 0.3 is 0 Å². The van der Waals surface area contributed by atoms with Crippen molar-refractivity contribution in [1.82, 2.24) is 0 Å². The van der Waals surface area contributed by atoms with Crippen LogP contribution in [0.3, 0.4) is 0 Å². The summed E-state index contributed by atoms with van der Waals surface area (Å²) < 4.78 is 0. The van der Waals surface area contributed by atoms with Crippen molar-refractivity contribution in [2.45, 2.75) is 39.0 Å². The van der Waals surface area contributed by atoms with Gasteiger partial charge in [-0.3, -0.25) is 0 Å². The summed E-state index contributed by atoms with van der Waals surface area (Å²) >= 11 is 0. The number of hydrogen-bond acceptors (Lipinski definition) is 1. The minimum Gasteiger partial charge on any atom is -0.392 e. The van der Waals surface area contributed by atoms with Crippen molar-refractivity contribution in [3.63, 3.8) is 0 Å². The molecule has 70 valence electrons. The molecule has 0 aliphatic heterocycles. The zero-order chi connectivity index (χ0) is 8.97. The smallest absolute Gasteiger partial charge is 0.0641 e. The zero-order valence-electron chi connectivity index (χ0n) is 8.05. The fraction of sp³-hybridized carbons (Fsp3) is 0.818. The van der Waals surface area contributed by atoms with Crippen LogP contribution in [0, 0.1) is 11.8 Å². The Morgan fingerprint density at radius 2 is 2.00 bits per heavy atom. The highest BCUT2D eigenvalue weighted by atomic mass is 16.3. The standard InChI is InChI=1S/C11H20O/c1-9-6-4-3-5-7-11(9)10(2)8-12/h9,11-12H,2-8H2,1H3/t9-,11?/m1/s1. The van der Waals surface area contributed by atoms with Crippen LogP contribution in [0.15, 0.2) is 12.2 Å². The number of hydrogen-bond donors (Lipinski definition) is 1. The Hall–Kier alpha value is -0.300. The van der Waals surface area contributed by atoms with Crippen LogP contribution >= 0.6 is 0 Å². The molecule has 0 amide bonds. The third kappa shape index (κ3) is 2.34. The molecule has 1 fully saturated rings. The molecule has 1 rings (SSSR count). The molecule has 0 aromatic carbocycles. The maximum absolute atomic E-state index is 9.00. The van der Waals surface area contributed by atoms with E-state index >= 15 is 0 Å². The van der Waals surface area contributed by atoms with Crippen molar-refractivity contribution in [3.05, 3.63) is 12.2 Å². The van der Waals surface area contributed by atoms with Crippen molar-refractivity contribution in [2.24, 2.45) is 11.8 Å². The summed E-state index contributed by atoms with van der Waals surface area (Å²) in [5, 5.41) is 9.00. The average molecular weight is 168 g/mol. The van der Waals surface area contributed by atoms with E-state index in [1.165, 1.54) is 32.1 Å². The van der Waals surface area contributed by atoms with Gasteiger partial charge in [0.25, 0.3) is 0 Å². The molecule has 0 saturated heterocycles. The van der Waals surface area contributed by atoms with Gasteiger partial charge in [0.2, 0.25) is 0 Å². The lowest BCUT2D eigenvalue weighted by Gasteiger charge is -2.22. The largest absolute Gasteiger partial charge is 0.392 e. The second kappa shape index (κ2) is 4.66. The summed E-state index contributed by atoms with van der Waals surface area (Å²) in [6.45, 7) is 6.40. The van der Waals surface area contributed by atoms with E-state index in [0.29, 0.717) is 5.92 Å². The Morgan fingerprint density at radius 3 is 2.67 bits per heavy atom. The molecule has 0 heterocycles. The van der Waals surface area contributed by atoms with E-state index in [0.717, 1.165) is 11.5 Å². The third-order valence-electron chi connectivity index (χ3n) is 3.09. The maximum Gasteiger partial charge on any atom is 0.0641 e.